The third-order valence-electron chi connectivity index (χ3n) is 8.54. The van der Waals surface area contributed by atoms with E-state index in [9.17, 15) is 19.5 Å². The van der Waals surface area contributed by atoms with Gasteiger partial charge in [0.25, 0.3) is 0 Å². The van der Waals surface area contributed by atoms with Gasteiger partial charge in [-0.15, -0.1) is 0 Å². The van der Waals surface area contributed by atoms with Crippen LogP contribution in [0.4, 0.5) is 11.4 Å². The van der Waals surface area contributed by atoms with Crippen molar-refractivity contribution >= 4 is 29.2 Å². The van der Waals surface area contributed by atoms with E-state index in [1.807, 2.05) is 38.1 Å². The smallest absolute Gasteiger partial charge is 0.312 e. The van der Waals surface area contributed by atoms with Crippen LogP contribution < -0.4 is 10.2 Å². The van der Waals surface area contributed by atoms with Crippen molar-refractivity contribution in [1.29, 1.82) is 0 Å². The van der Waals surface area contributed by atoms with Crippen molar-refractivity contribution in [1.82, 2.24) is 4.90 Å². The molecule has 3 aliphatic heterocycles. The van der Waals surface area contributed by atoms with Crippen LogP contribution in [0.1, 0.15) is 48.0 Å². The number of fused-ring (bicyclic) bond motifs is 1. The summed E-state index contributed by atoms with van der Waals surface area (Å²) in [6.45, 7) is 13.1. The topological polar surface area (TPSA) is 108 Å². The number of nitrogens with one attached hydrogen (secondary N) is 1. The SMILES string of the molecule is CCOC(=O)[C@@H]1[C@H]2C(=O)N([C@H](C)CO)C(C(=O)Nc3ccc(N(CC)CC)cc3)C23CC(C)[C@@]1(C)O3. The molecule has 2 bridgehead atoms. The molecule has 4 rings (SSSR count). The van der Waals surface area contributed by atoms with Crippen LogP contribution in [-0.2, 0) is 23.9 Å². The average Bonchev–Trinajstić information content (AvgIpc) is 3.37. The number of hydrogen-bond donors (Lipinski definition) is 2. The minimum Gasteiger partial charge on any atom is -0.466 e. The fourth-order valence-corrected chi connectivity index (χ4v) is 6.68. The molecule has 3 unspecified atom stereocenters. The van der Waals surface area contributed by atoms with Gasteiger partial charge in [0.2, 0.25) is 11.8 Å². The van der Waals surface area contributed by atoms with Gasteiger partial charge in [-0.05, 0) is 71.2 Å². The zero-order chi connectivity index (χ0) is 26.4. The zero-order valence-corrected chi connectivity index (χ0v) is 22.1. The monoisotopic (exact) mass is 501 g/mol. The molecule has 1 aromatic rings. The quantitative estimate of drug-likeness (QED) is 0.500. The van der Waals surface area contributed by atoms with Crippen molar-refractivity contribution in [3.8, 4) is 0 Å². The number of carbonyl (C=O) groups excluding carboxylic acids is 3. The number of aliphatic hydroxyl groups is 1. The van der Waals surface area contributed by atoms with E-state index >= 15 is 0 Å². The van der Waals surface area contributed by atoms with E-state index in [0.29, 0.717) is 12.1 Å². The van der Waals surface area contributed by atoms with E-state index in [4.69, 9.17) is 9.47 Å². The Labute approximate surface area is 213 Å². The number of amides is 2. The summed E-state index contributed by atoms with van der Waals surface area (Å²) in [7, 11) is 0. The molecule has 0 aromatic heterocycles. The molecule has 2 N–H and O–H groups in total. The summed E-state index contributed by atoms with van der Waals surface area (Å²) < 4.78 is 12.0. The summed E-state index contributed by atoms with van der Waals surface area (Å²) in [5, 5.41) is 12.9. The van der Waals surface area contributed by atoms with Crippen LogP contribution in [0.5, 0.6) is 0 Å². The number of anilines is 2. The summed E-state index contributed by atoms with van der Waals surface area (Å²) in [5.41, 5.74) is -0.420. The van der Waals surface area contributed by atoms with E-state index < -0.39 is 41.1 Å². The maximum atomic E-state index is 13.9. The van der Waals surface area contributed by atoms with Gasteiger partial charge in [-0.1, -0.05) is 6.92 Å². The summed E-state index contributed by atoms with van der Waals surface area (Å²) in [6, 6.07) is 5.99. The summed E-state index contributed by atoms with van der Waals surface area (Å²) in [6.07, 6.45) is 0.462. The van der Waals surface area contributed by atoms with E-state index in [0.717, 1.165) is 18.8 Å². The van der Waals surface area contributed by atoms with E-state index in [1.54, 1.807) is 13.8 Å². The molecule has 0 radical (unpaired) electrons. The third-order valence-corrected chi connectivity index (χ3v) is 8.54. The molecular weight excluding hydrogens is 462 g/mol. The number of carbonyl (C=O) groups is 3. The molecule has 2 amide bonds. The minimum atomic E-state index is -1.17. The molecule has 1 aromatic carbocycles. The Balaban J connectivity index is 1.70. The van der Waals surface area contributed by atoms with E-state index in [1.165, 1.54) is 4.90 Å². The Kier molecular flexibility index (Phi) is 7.09. The maximum Gasteiger partial charge on any atom is 0.312 e. The van der Waals surface area contributed by atoms with Crippen molar-refractivity contribution in [3.05, 3.63) is 24.3 Å². The molecule has 9 nitrogen and oxygen atoms in total. The Bertz CT molecular complexity index is 1010. The highest BCUT2D eigenvalue weighted by molar-refractivity contribution is 6.03. The molecule has 7 atom stereocenters. The van der Waals surface area contributed by atoms with E-state index in [-0.39, 0.29) is 30.9 Å². The van der Waals surface area contributed by atoms with Gasteiger partial charge in [-0.3, -0.25) is 14.4 Å². The lowest BCUT2D eigenvalue weighted by atomic mass is 9.62. The normalized spacial score (nSPS) is 33.4. The van der Waals surface area contributed by atoms with Crippen molar-refractivity contribution in [2.45, 2.75) is 71.2 Å². The number of likely N-dealkylation sites (tertiary alicyclic amines) is 1. The van der Waals surface area contributed by atoms with Crippen LogP contribution in [-0.4, -0.2) is 77.4 Å². The Morgan fingerprint density at radius 1 is 1.25 bits per heavy atom. The number of aliphatic hydroxyl groups excluding tert-OH is 1. The van der Waals surface area contributed by atoms with Crippen LogP contribution in [0.25, 0.3) is 0 Å². The van der Waals surface area contributed by atoms with Crippen molar-refractivity contribution < 1.29 is 29.0 Å². The molecule has 198 valence electrons. The van der Waals surface area contributed by atoms with Gasteiger partial charge < -0.3 is 29.7 Å². The molecular formula is C27H39N3O6. The van der Waals surface area contributed by atoms with Gasteiger partial charge in [-0.2, -0.15) is 0 Å². The lowest BCUT2D eigenvalue weighted by molar-refractivity contribution is -0.161. The van der Waals surface area contributed by atoms with Crippen molar-refractivity contribution in [3.63, 3.8) is 0 Å². The molecule has 3 heterocycles. The van der Waals surface area contributed by atoms with Gasteiger partial charge in [0.15, 0.2) is 0 Å². The molecule has 3 fully saturated rings. The highest BCUT2D eigenvalue weighted by atomic mass is 16.6. The lowest BCUT2D eigenvalue weighted by Gasteiger charge is -2.36. The van der Waals surface area contributed by atoms with Crippen LogP contribution in [0.2, 0.25) is 0 Å². The highest BCUT2D eigenvalue weighted by Crippen LogP contribution is 2.65. The number of esters is 1. The second-order valence-corrected chi connectivity index (χ2v) is 10.4. The van der Waals surface area contributed by atoms with Crippen LogP contribution in [0.3, 0.4) is 0 Å². The Morgan fingerprint density at radius 2 is 1.89 bits per heavy atom. The predicted octanol–water partition coefficient (Wildman–Crippen LogP) is 2.43. The number of rotatable bonds is 9. The molecule has 1 spiro atoms. The molecule has 0 aliphatic carbocycles. The van der Waals surface area contributed by atoms with Crippen LogP contribution in [0.15, 0.2) is 24.3 Å². The first-order valence-electron chi connectivity index (χ1n) is 13.0. The number of nitrogens with zero attached hydrogens (tertiary/aromatic N) is 2. The number of hydrogen-bond acceptors (Lipinski definition) is 7. The third kappa shape index (κ3) is 3.78. The van der Waals surface area contributed by atoms with Crippen molar-refractivity contribution in [2.75, 3.05) is 36.5 Å². The fourth-order valence-electron chi connectivity index (χ4n) is 6.68. The van der Waals surface area contributed by atoms with Crippen LogP contribution in [0, 0.1) is 17.8 Å². The molecule has 0 saturated carbocycles. The zero-order valence-electron chi connectivity index (χ0n) is 22.1. The molecule has 3 saturated heterocycles. The minimum absolute atomic E-state index is 0.0657. The highest BCUT2D eigenvalue weighted by Gasteiger charge is 2.80. The first-order valence-corrected chi connectivity index (χ1v) is 13.0. The number of benzene rings is 1. The maximum absolute atomic E-state index is 13.9. The lowest BCUT2D eigenvalue weighted by Crippen LogP contribution is -2.56. The van der Waals surface area contributed by atoms with Gasteiger partial charge in [0.1, 0.15) is 17.6 Å². The Morgan fingerprint density at radius 3 is 2.44 bits per heavy atom. The molecule has 3 aliphatic rings. The Hall–Kier alpha value is -2.65. The largest absolute Gasteiger partial charge is 0.466 e. The van der Waals surface area contributed by atoms with Gasteiger partial charge in [-0.25, -0.2) is 0 Å². The second-order valence-electron chi connectivity index (χ2n) is 10.4. The predicted molar refractivity (Wildman–Crippen MR) is 135 cm³/mol. The molecule has 9 heteroatoms. The second kappa shape index (κ2) is 9.67. The summed E-state index contributed by atoms with van der Waals surface area (Å²) in [5.74, 6) is -2.92. The van der Waals surface area contributed by atoms with Gasteiger partial charge in [0.05, 0.1) is 30.8 Å². The van der Waals surface area contributed by atoms with Crippen molar-refractivity contribution in [2.24, 2.45) is 17.8 Å². The summed E-state index contributed by atoms with van der Waals surface area (Å²) >= 11 is 0. The van der Waals surface area contributed by atoms with Gasteiger partial charge in [0, 0.05) is 24.5 Å². The number of ether oxygens (including phenoxy) is 2. The van der Waals surface area contributed by atoms with Crippen LogP contribution >= 0.6 is 0 Å². The fraction of sp³-hybridized carbons (Fsp3) is 0.667. The first kappa shape index (κ1) is 26.4. The van der Waals surface area contributed by atoms with E-state index in [2.05, 4.69) is 24.1 Å². The molecule has 36 heavy (non-hydrogen) atoms. The first-order chi connectivity index (χ1) is 17.1. The average molecular weight is 502 g/mol. The standard InChI is InChI=1S/C27H39N3O6/c1-7-29(8-2)19-12-10-18(11-13-19)28-23(32)22-27-14-16(4)26(6,36-27)21(25(34)35-9-3)20(27)24(33)30(22)17(5)15-31/h10-13,16-17,20-22,31H,7-9,14-15H2,1-6H3,(H,28,32)/t16?,17-,20+,21+,22?,26-,27?/m1/s1. The van der Waals surface area contributed by atoms with Gasteiger partial charge >= 0.3 is 5.97 Å². The summed E-state index contributed by atoms with van der Waals surface area (Å²) in [4.78, 5) is 44.4.